The molecule has 1 N–H and O–H groups in total. The lowest BCUT2D eigenvalue weighted by Crippen LogP contribution is -2.20. The zero-order valence-electron chi connectivity index (χ0n) is 6.40. The molecule has 0 unspecified atom stereocenters. The minimum atomic E-state index is 0.240. The van der Waals surface area contributed by atoms with Crippen molar-refractivity contribution in [3.63, 3.8) is 0 Å². The van der Waals surface area contributed by atoms with Crippen LogP contribution >= 0.6 is 0 Å². The first kappa shape index (κ1) is 8.66. The molecule has 0 saturated heterocycles. The highest BCUT2D eigenvalue weighted by Crippen LogP contribution is 1.85. The Morgan fingerprint density at radius 2 is 2.22 bits per heavy atom. The highest BCUT2D eigenvalue weighted by Gasteiger charge is 1.90. The van der Waals surface area contributed by atoms with Crippen LogP contribution in [-0.2, 0) is 4.84 Å². The largest absolute Gasteiger partial charge is 0.299 e. The van der Waals surface area contributed by atoms with E-state index < -0.39 is 0 Å². The number of nitrogens with one attached hydrogen (secondary N) is 1. The second-order valence-electron chi connectivity index (χ2n) is 2.44. The third-order valence-corrected chi connectivity index (χ3v) is 0.693. The molecule has 0 fully saturated rings. The molecule has 2 heteroatoms. The molecule has 0 aromatic heterocycles. The second kappa shape index (κ2) is 4.53. The molecule has 0 radical (unpaired) electrons. The third kappa shape index (κ3) is 7.66. The van der Waals surface area contributed by atoms with Crippen molar-refractivity contribution in [3.05, 3.63) is 12.2 Å². The van der Waals surface area contributed by atoms with Crippen LogP contribution in [0.1, 0.15) is 20.8 Å². The van der Waals surface area contributed by atoms with Gasteiger partial charge < -0.3 is 0 Å². The maximum atomic E-state index is 5.04. The van der Waals surface area contributed by atoms with Gasteiger partial charge in [0.25, 0.3) is 0 Å². The van der Waals surface area contributed by atoms with E-state index in [1.54, 1.807) is 0 Å². The van der Waals surface area contributed by atoms with Crippen LogP contribution in [0.5, 0.6) is 0 Å². The summed E-state index contributed by atoms with van der Waals surface area (Å²) in [7, 11) is 0. The second-order valence-corrected chi connectivity index (χ2v) is 2.44. The van der Waals surface area contributed by atoms with E-state index in [1.807, 2.05) is 20.8 Å². The topological polar surface area (TPSA) is 21.3 Å². The van der Waals surface area contributed by atoms with Gasteiger partial charge >= 0.3 is 0 Å². The molecular formula is C7H15NO. The van der Waals surface area contributed by atoms with Crippen molar-refractivity contribution in [2.75, 3.05) is 6.54 Å². The number of hydroxylamine groups is 1. The van der Waals surface area contributed by atoms with Crippen molar-refractivity contribution in [2.24, 2.45) is 0 Å². The molecule has 0 atom stereocenters. The fourth-order valence-corrected chi connectivity index (χ4v) is 0.332. The highest BCUT2D eigenvalue weighted by atomic mass is 16.7. The van der Waals surface area contributed by atoms with Crippen LogP contribution in [0.25, 0.3) is 0 Å². The summed E-state index contributed by atoms with van der Waals surface area (Å²) in [5, 5.41) is 0. The Kier molecular flexibility index (Phi) is 4.36. The lowest BCUT2D eigenvalue weighted by Gasteiger charge is -2.07. The predicted molar refractivity (Wildman–Crippen MR) is 39.0 cm³/mol. The zero-order chi connectivity index (χ0) is 7.28. The van der Waals surface area contributed by atoms with E-state index in [2.05, 4.69) is 12.1 Å². The molecule has 0 aliphatic heterocycles. The minimum absolute atomic E-state index is 0.240. The van der Waals surface area contributed by atoms with Gasteiger partial charge in [0.1, 0.15) is 0 Å². The first-order chi connectivity index (χ1) is 4.13. The third-order valence-electron chi connectivity index (χ3n) is 0.693. The van der Waals surface area contributed by atoms with E-state index in [0.717, 1.165) is 12.1 Å². The smallest absolute Gasteiger partial charge is 0.0734 e. The molecule has 0 saturated carbocycles. The highest BCUT2D eigenvalue weighted by molar-refractivity contribution is 4.88. The summed E-state index contributed by atoms with van der Waals surface area (Å²) in [6.45, 7) is 10.4. The first-order valence-electron chi connectivity index (χ1n) is 3.16. The van der Waals surface area contributed by atoms with Gasteiger partial charge in [0.05, 0.1) is 6.10 Å². The monoisotopic (exact) mass is 129 g/mol. The van der Waals surface area contributed by atoms with Gasteiger partial charge in [-0.2, -0.15) is 5.48 Å². The van der Waals surface area contributed by atoms with E-state index in [9.17, 15) is 0 Å². The molecule has 0 spiro atoms. The summed E-state index contributed by atoms with van der Waals surface area (Å²) in [6, 6.07) is 0. The van der Waals surface area contributed by atoms with Crippen molar-refractivity contribution in [2.45, 2.75) is 26.9 Å². The Morgan fingerprint density at radius 3 is 2.56 bits per heavy atom. The normalized spacial score (nSPS) is 10.2. The van der Waals surface area contributed by atoms with Gasteiger partial charge in [0.2, 0.25) is 0 Å². The van der Waals surface area contributed by atoms with E-state index >= 15 is 0 Å². The van der Waals surface area contributed by atoms with E-state index in [1.165, 1.54) is 0 Å². The summed E-state index contributed by atoms with van der Waals surface area (Å²) < 4.78 is 0. The molecule has 0 aromatic carbocycles. The molecule has 2 nitrogen and oxygen atoms in total. The van der Waals surface area contributed by atoms with Crippen molar-refractivity contribution < 1.29 is 4.84 Å². The average molecular weight is 129 g/mol. The Labute approximate surface area is 56.9 Å². The molecule has 0 amide bonds. The molecule has 9 heavy (non-hydrogen) atoms. The zero-order valence-corrected chi connectivity index (χ0v) is 6.40. The number of hydrogen-bond donors (Lipinski definition) is 1. The Balaban J connectivity index is 3.01. The molecule has 0 aliphatic rings. The fourth-order valence-electron chi connectivity index (χ4n) is 0.332. The van der Waals surface area contributed by atoms with Crippen molar-refractivity contribution >= 4 is 0 Å². The summed E-state index contributed by atoms with van der Waals surface area (Å²) in [5.41, 5.74) is 3.86. The van der Waals surface area contributed by atoms with Crippen LogP contribution in [0.3, 0.4) is 0 Å². The van der Waals surface area contributed by atoms with Crippen LogP contribution in [0.2, 0.25) is 0 Å². The van der Waals surface area contributed by atoms with Gasteiger partial charge in [0.15, 0.2) is 0 Å². The molecule has 54 valence electrons. The molecular weight excluding hydrogens is 114 g/mol. The standard InChI is InChI=1S/C7H15NO/c1-6(2)5-8-9-7(3)4/h7-8H,1,5H2,2-4H3. The molecule has 0 aromatic rings. The maximum Gasteiger partial charge on any atom is 0.0734 e. The SMILES string of the molecule is C=C(C)CNOC(C)C. The van der Waals surface area contributed by atoms with Crippen LogP contribution in [0.4, 0.5) is 0 Å². The van der Waals surface area contributed by atoms with Crippen LogP contribution in [0, 0.1) is 0 Å². The minimum Gasteiger partial charge on any atom is -0.299 e. The van der Waals surface area contributed by atoms with E-state index in [4.69, 9.17) is 4.84 Å². The van der Waals surface area contributed by atoms with Crippen molar-refractivity contribution in [3.8, 4) is 0 Å². The molecule has 0 heterocycles. The maximum absolute atomic E-state index is 5.04. The number of rotatable bonds is 4. The Hall–Kier alpha value is -0.340. The summed E-state index contributed by atoms with van der Waals surface area (Å²) in [6.07, 6.45) is 0.240. The first-order valence-corrected chi connectivity index (χ1v) is 3.16. The molecule has 0 aliphatic carbocycles. The average Bonchev–Trinajstić information content (AvgIpc) is 1.63. The van der Waals surface area contributed by atoms with Gasteiger partial charge in [-0.15, -0.1) is 0 Å². The lowest BCUT2D eigenvalue weighted by molar-refractivity contribution is 0.000226. The van der Waals surface area contributed by atoms with Crippen LogP contribution < -0.4 is 5.48 Å². The van der Waals surface area contributed by atoms with Gasteiger partial charge in [-0.25, -0.2) is 0 Å². The van der Waals surface area contributed by atoms with Gasteiger partial charge in [0, 0.05) is 6.54 Å². The lowest BCUT2D eigenvalue weighted by atomic mass is 10.4. The molecule has 0 rings (SSSR count). The fraction of sp³-hybridized carbons (Fsp3) is 0.714. The van der Waals surface area contributed by atoms with Gasteiger partial charge in [-0.3, -0.25) is 4.84 Å². The van der Waals surface area contributed by atoms with Crippen molar-refractivity contribution in [1.29, 1.82) is 0 Å². The van der Waals surface area contributed by atoms with Crippen molar-refractivity contribution in [1.82, 2.24) is 5.48 Å². The van der Waals surface area contributed by atoms with Gasteiger partial charge in [-0.1, -0.05) is 12.2 Å². The Bertz CT molecular complexity index is 88.9. The predicted octanol–water partition coefficient (Wildman–Crippen LogP) is 1.49. The Morgan fingerprint density at radius 1 is 1.67 bits per heavy atom. The van der Waals surface area contributed by atoms with E-state index in [-0.39, 0.29) is 6.10 Å². The van der Waals surface area contributed by atoms with Gasteiger partial charge in [-0.05, 0) is 20.8 Å². The quantitative estimate of drug-likeness (QED) is 0.458. The summed E-state index contributed by atoms with van der Waals surface area (Å²) in [5.74, 6) is 0. The summed E-state index contributed by atoms with van der Waals surface area (Å²) in [4.78, 5) is 5.04. The number of hydrogen-bond acceptors (Lipinski definition) is 2. The molecule has 0 bridgehead atoms. The van der Waals surface area contributed by atoms with E-state index in [0.29, 0.717) is 0 Å². The summed E-state index contributed by atoms with van der Waals surface area (Å²) >= 11 is 0. The van der Waals surface area contributed by atoms with Crippen LogP contribution in [-0.4, -0.2) is 12.6 Å². The van der Waals surface area contributed by atoms with Crippen LogP contribution in [0.15, 0.2) is 12.2 Å².